The standard InChI is InChI=1S/C19H20N2O3S2/c1-14-11-19(15(2)25-14)26(22,23)21-12-16-6-8-18(9-7-16)24-13-17-5-3-4-10-20-17/h3-11,21H,12-13H2,1-2H3. The minimum Gasteiger partial charge on any atom is -0.487 e. The summed E-state index contributed by atoms with van der Waals surface area (Å²) >= 11 is 1.48. The quantitative estimate of drug-likeness (QED) is 0.668. The fourth-order valence-electron chi connectivity index (χ4n) is 2.47. The minimum atomic E-state index is -3.50. The van der Waals surface area contributed by atoms with Crippen LogP contribution in [0.1, 0.15) is 21.0 Å². The lowest BCUT2D eigenvalue weighted by Gasteiger charge is -2.08. The highest BCUT2D eigenvalue weighted by Gasteiger charge is 2.18. The smallest absolute Gasteiger partial charge is 0.241 e. The molecule has 7 heteroatoms. The Balaban J connectivity index is 1.58. The lowest BCUT2D eigenvalue weighted by Crippen LogP contribution is -2.23. The number of sulfonamides is 1. The van der Waals surface area contributed by atoms with Crippen molar-refractivity contribution in [1.82, 2.24) is 9.71 Å². The van der Waals surface area contributed by atoms with Crippen molar-refractivity contribution in [3.63, 3.8) is 0 Å². The van der Waals surface area contributed by atoms with Crippen LogP contribution in [0.3, 0.4) is 0 Å². The molecule has 136 valence electrons. The van der Waals surface area contributed by atoms with E-state index in [-0.39, 0.29) is 6.54 Å². The number of thiophene rings is 1. The Bertz CT molecular complexity index is 966. The van der Waals surface area contributed by atoms with Gasteiger partial charge in [0.05, 0.1) is 10.6 Å². The molecule has 0 fully saturated rings. The van der Waals surface area contributed by atoms with Crippen LogP contribution in [0.4, 0.5) is 0 Å². The van der Waals surface area contributed by atoms with Gasteiger partial charge in [0.15, 0.2) is 0 Å². The number of nitrogens with zero attached hydrogens (tertiary/aromatic N) is 1. The Morgan fingerprint density at radius 1 is 1.12 bits per heavy atom. The molecule has 0 atom stereocenters. The van der Waals surface area contributed by atoms with E-state index in [1.165, 1.54) is 11.3 Å². The van der Waals surface area contributed by atoms with Crippen molar-refractivity contribution in [2.75, 3.05) is 0 Å². The maximum absolute atomic E-state index is 12.4. The number of nitrogens with one attached hydrogen (secondary N) is 1. The summed E-state index contributed by atoms with van der Waals surface area (Å²) in [7, 11) is -3.50. The van der Waals surface area contributed by atoms with Gasteiger partial charge in [0.2, 0.25) is 10.0 Å². The highest BCUT2D eigenvalue weighted by molar-refractivity contribution is 7.89. The van der Waals surface area contributed by atoms with E-state index < -0.39 is 10.0 Å². The molecule has 0 saturated carbocycles. The van der Waals surface area contributed by atoms with E-state index in [4.69, 9.17) is 4.74 Å². The molecule has 0 unspecified atom stereocenters. The van der Waals surface area contributed by atoms with Crippen LogP contribution in [0.15, 0.2) is 59.6 Å². The molecule has 0 aliphatic carbocycles. The SMILES string of the molecule is Cc1cc(S(=O)(=O)NCc2ccc(OCc3ccccn3)cc2)c(C)s1. The Labute approximate surface area is 157 Å². The van der Waals surface area contributed by atoms with Gasteiger partial charge >= 0.3 is 0 Å². The fraction of sp³-hybridized carbons (Fsp3) is 0.211. The molecular weight excluding hydrogens is 368 g/mol. The minimum absolute atomic E-state index is 0.233. The molecule has 3 rings (SSSR count). The molecule has 1 N–H and O–H groups in total. The first-order valence-electron chi connectivity index (χ1n) is 8.12. The topological polar surface area (TPSA) is 68.3 Å². The average molecular weight is 389 g/mol. The van der Waals surface area contributed by atoms with Gasteiger partial charge in [-0.25, -0.2) is 13.1 Å². The van der Waals surface area contributed by atoms with Crippen molar-refractivity contribution in [1.29, 1.82) is 0 Å². The summed E-state index contributed by atoms with van der Waals surface area (Å²) in [5, 5.41) is 0. The predicted molar refractivity (Wildman–Crippen MR) is 103 cm³/mol. The number of benzene rings is 1. The van der Waals surface area contributed by atoms with Crippen LogP contribution >= 0.6 is 11.3 Å². The Kier molecular flexibility index (Phi) is 5.70. The lowest BCUT2D eigenvalue weighted by atomic mass is 10.2. The number of hydrogen-bond donors (Lipinski definition) is 1. The molecule has 0 aliphatic rings. The molecule has 0 aliphatic heterocycles. The summed E-state index contributed by atoms with van der Waals surface area (Å²) in [4.78, 5) is 6.34. The van der Waals surface area contributed by atoms with Gasteiger partial charge in [-0.3, -0.25) is 4.98 Å². The normalized spacial score (nSPS) is 11.5. The Hall–Kier alpha value is -2.22. The summed E-state index contributed by atoms with van der Waals surface area (Å²) in [6.45, 7) is 4.35. The van der Waals surface area contributed by atoms with Crippen LogP contribution < -0.4 is 9.46 Å². The monoisotopic (exact) mass is 388 g/mol. The largest absolute Gasteiger partial charge is 0.487 e. The number of pyridine rings is 1. The molecule has 2 aromatic heterocycles. The zero-order chi connectivity index (χ0) is 18.6. The highest BCUT2D eigenvalue weighted by Crippen LogP contribution is 2.25. The first-order valence-corrected chi connectivity index (χ1v) is 10.4. The maximum Gasteiger partial charge on any atom is 0.241 e. The molecule has 3 aromatic rings. The van der Waals surface area contributed by atoms with Crippen LogP contribution in [-0.4, -0.2) is 13.4 Å². The van der Waals surface area contributed by atoms with Crippen molar-refractivity contribution >= 4 is 21.4 Å². The third-order valence-corrected chi connectivity index (χ3v) is 6.41. The third-order valence-electron chi connectivity index (χ3n) is 3.79. The Morgan fingerprint density at radius 2 is 1.88 bits per heavy atom. The molecule has 5 nitrogen and oxygen atoms in total. The second-order valence-corrected chi connectivity index (χ2v) is 9.05. The first kappa shape index (κ1) is 18.6. The second-order valence-electron chi connectivity index (χ2n) is 5.86. The lowest BCUT2D eigenvalue weighted by molar-refractivity contribution is 0.301. The second kappa shape index (κ2) is 7.99. The van der Waals surface area contributed by atoms with Crippen molar-refractivity contribution in [3.8, 4) is 5.75 Å². The van der Waals surface area contributed by atoms with Gasteiger partial charge in [-0.2, -0.15) is 0 Å². The summed E-state index contributed by atoms with van der Waals surface area (Å²) in [5.74, 6) is 0.714. The van der Waals surface area contributed by atoms with E-state index in [9.17, 15) is 8.42 Å². The predicted octanol–water partition coefficient (Wildman–Crippen LogP) is 3.82. The van der Waals surface area contributed by atoms with Crippen LogP contribution in [0.2, 0.25) is 0 Å². The molecule has 26 heavy (non-hydrogen) atoms. The summed E-state index contributed by atoms with van der Waals surface area (Å²) in [6, 6.07) is 14.7. The van der Waals surface area contributed by atoms with Gasteiger partial charge in [-0.1, -0.05) is 18.2 Å². The van der Waals surface area contributed by atoms with Crippen LogP contribution in [0.5, 0.6) is 5.75 Å². The molecule has 2 heterocycles. The van der Waals surface area contributed by atoms with Crippen molar-refractivity contribution < 1.29 is 13.2 Å². The summed E-state index contributed by atoms with van der Waals surface area (Å²) < 4.78 is 33.2. The van der Waals surface area contributed by atoms with Gasteiger partial charge in [0, 0.05) is 22.5 Å². The molecule has 1 aromatic carbocycles. The Morgan fingerprint density at radius 3 is 2.50 bits per heavy atom. The number of hydrogen-bond acceptors (Lipinski definition) is 5. The average Bonchev–Trinajstić information content (AvgIpc) is 2.99. The van der Waals surface area contributed by atoms with E-state index in [0.29, 0.717) is 17.3 Å². The van der Waals surface area contributed by atoms with E-state index in [2.05, 4.69) is 9.71 Å². The van der Waals surface area contributed by atoms with E-state index in [0.717, 1.165) is 21.0 Å². The number of aromatic nitrogens is 1. The fourth-order valence-corrected chi connectivity index (χ4v) is 5.05. The summed E-state index contributed by atoms with van der Waals surface area (Å²) in [5.41, 5.74) is 1.72. The van der Waals surface area contributed by atoms with Crippen molar-refractivity contribution in [3.05, 3.63) is 75.7 Å². The first-order chi connectivity index (χ1) is 12.4. The molecule has 0 radical (unpaired) electrons. The van der Waals surface area contributed by atoms with E-state index in [1.54, 1.807) is 12.3 Å². The van der Waals surface area contributed by atoms with E-state index in [1.807, 2.05) is 56.3 Å². The zero-order valence-electron chi connectivity index (χ0n) is 14.6. The van der Waals surface area contributed by atoms with Gasteiger partial charge in [-0.15, -0.1) is 11.3 Å². The van der Waals surface area contributed by atoms with Crippen LogP contribution in [-0.2, 0) is 23.2 Å². The van der Waals surface area contributed by atoms with Gasteiger partial charge in [-0.05, 0) is 49.7 Å². The number of rotatable bonds is 7. The van der Waals surface area contributed by atoms with Gasteiger partial charge in [0.1, 0.15) is 12.4 Å². The van der Waals surface area contributed by atoms with Gasteiger partial charge in [0.25, 0.3) is 0 Å². The molecule has 0 bridgehead atoms. The molecule has 0 spiro atoms. The van der Waals surface area contributed by atoms with Gasteiger partial charge < -0.3 is 4.74 Å². The number of ether oxygens (including phenoxy) is 1. The molecular formula is C19H20N2O3S2. The van der Waals surface area contributed by atoms with Crippen LogP contribution in [0, 0.1) is 13.8 Å². The number of aryl methyl sites for hydroxylation is 2. The molecule has 0 amide bonds. The highest BCUT2D eigenvalue weighted by atomic mass is 32.2. The zero-order valence-corrected chi connectivity index (χ0v) is 16.2. The van der Waals surface area contributed by atoms with Crippen LogP contribution in [0.25, 0.3) is 0 Å². The van der Waals surface area contributed by atoms with Crippen molar-refractivity contribution in [2.24, 2.45) is 0 Å². The summed E-state index contributed by atoms with van der Waals surface area (Å²) in [6.07, 6.45) is 1.73. The molecule has 0 saturated heterocycles. The third kappa shape index (κ3) is 4.69. The maximum atomic E-state index is 12.4. The van der Waals surface area contributed by atoms with E-state index >= 15 is 0 Å². The van der Waals surface area contributed by atoms with Crippen molar-refractivity contribution in [2.45, 2.75) is 31.9 Å².